The van der Waals surface area contributed by atoms with Crippen molar-refractivity contribution in [3.63, 3.8) is 0 Å². The molecule has 0 fully saturated rings. The molecular formula is C22H29NO6. The SMILES string of the molecule is c1ccc(COc2cc3nc(c2)COCCOCCOCCOCCOC3)cc1. The van der Waals surface area contributed by atoms with E-state index in [1.807, 2.05) is 42.5 Å². The summed E-state index contributed by atoms with van der Waals surface area (Å²) in [7, 11) is 0. The maximum absolute atomic E-state index is 5.97. The Hall–Kier alpha value is -2.03. The monoisotopic (exact) mass is 403 g/mol. The summed E-state index contributed by atoms with van der Waals surface area (Å²) in [5.74, 6) is 0.750. The molecule has 0 saturated carbocycles. The highest BCUT2D eigenvalue weighted by Crippen LogP contribution is 2.18. The van der Waals surface area contributed by atoms with Crippen molar-refractivity contribution in [2.75, 3.05) is 52.9 Å². The Labute approximate surface area is 171 Å². The Bertz CT molecular complexity index is 663. The van der Waals surface area contributed by atoms with Gasteiger partial charge in [-0.1, -0.05) is 30.3 Å². The molecular weight excluding hydrogens is 374 g/mol. The molecule has 7 nitrogen and oxygen atoms in total. The van der Waals surface area contributed by atoms with Crippen LogP contribution < -0.4 is 4.74 Å². The summed E-state index contributed by atoms with van der Waals surface area (Å²) in [6.07, 6.45) is 0. The van der Waals surface area contributed by atoms with Crippen LogP contribution in [-0.2, 0) is 43.5 Å². The van der Waals surface area contributed by atoms with Crippen molar-refractivity contribution < 1.29 is 28.4 Å². The zero-order chi connectivity index (χ0) is 20.0. The summed E-state index contributed by atoms with van der Waals surface area (Å²) in [6, 6.07) is 13.9. The lowest BCUT2D eigenvalue weighted by molar-refractivity contribution is -0.0152. The van der Waals surface area contributed by atoms with E-state index in [0.29, 0.717) is 72.7 Å². The van der Waals surface area contributed by atoms with E-state index in [-0.39, 0.29) is 0 Å². The zero-order valence-corrected chi connectivity index (χ0v) is 16.7. The van der Waals surface area contributed by atoms with Gasteiger partial charge in [0.05, 0.1) is 77.5 Å². The van der Waals surface area contributed by atoms with Gasteiger partial charge < -0.3 is 28.4 Å². The summed E-state index contributed by atoms with van der Waals surface area (Å²) in [5.41, 5.74) is 2.71. The number of nitrogens with zero attached hydrogens (tertiary/aromatic N) is 1. The van der Waals surface area contributed by atoms with Gasteiger partial charge >= 0.3 is 0 Å². The lowest BCUT2D eigenvalue weighted by atomic mass is 10.2. The quantitative estimate of drug-likeness (QED) is 0.781. The van der Waals surface area contributed by atoms with Gasteiger partial charge in [-0.15, -0.1) is 0 Å². The van der Waals surface area contributed by atoms with E-state index < -0.39 is 0 Å². The van der Waals surface area contributed by atoms with E-state index in [1.165, 1.54) is 0 Å². The number of hydrogen-bond donors (Lipinski definition) is 0. The minimum Gasteiger partial charge on any atom is -0.489 e. The van der Waals surface area contributed by atoms with Gasteiger partial charge in [0.2, 0.25) is 0 Å². The second-order valence-electron chi connectivity index (χ2n) is 6.50. The molecule has 1 aromatic heterocycles. The summed E-state index contributed by atoms with van der Waals surface area (Å²) >= 11 is 0. The number of fused-ring (bicyclic) bond motifs is 2. The average molecular weight is 403 g/mol. The van der Waals surface area contributed by atoms with Crippen LogP contribution >= 0.6 is 0 Å². The number of pyridine rings is 1. The topological polar surface area (TPSA) is 68.3 Å². The van der Waals surface area contributed by atoms with Crippen LogP contribution in [-0.4, -0.2) is 57.8 Å². The largest absolute Gasteiger partial charge is 0.489 e. The third kappa shape index (κ3) is 8.89. The molecule has 0 saturated heterocycles. The molecule has 0 radical (unpaired) electrons. The van der Waals surface area contributed by atoms with Gasteiger partial charge in [0, 0.05) is 12.1 Å². The Morgan fingerprint density at radius 2 is 1.14 bits per heavy atom. The number of hydrogen-bond acceptors (Lipinski definition) is 7. The minimum atomic E-state index is 0.387. The van der Waals surface area contributed by atoms with E-state index in [0.717, 1.165) is 22.7 Å². The van der Waals surface area contributed by atoms with Crippen LogP contribution in [0.15, 0.2) is 42.5 Å². The molecule has 0 unspecified atom stereocenters. The van der Waals surface area contributed by atoms with Crippen molar-refractivity contribution in [1.82, 2.24) is 4.98 Å². The average Bonchev–Trinajstić information content (AvgIpc) is 2.75. The Kier molecular flexibility index (Phi) is 9.90. The number of ether oxygens (including phenoxy) is 6. The number of rotatable bonds is 3. The fourth-order valence-electron chi connectivity index (χ4n) is 2.72. The first kappa shape index (κ1) is 21.7. The second-order valence-corrected chi connectivity index (χ2v) is 6.50. The van der Waals surface area contributed by atoms with E-state index >= 15 is 0 Å². The molecule has 2 aromatic rings. The lowest BCUT2D eigenvalue weighted by Gasteiger charge is -2.12. The molecule has 29 heavy (non-hydrogen) atoms. The van der Waals surface area contributed by atoms with Crippen LogP contribution in [0.2, 0.25) is 0 Å². The predicted octanol–water partition coefficient (Wildman–Crippen LogP) is 2.76. The van der Waals surface area contributed by atoms with Gasteiger partial charge in [0.15, 0.2) is 0 Å². The van der Waals surface area contributed by atoms with Crippen LogP contribution in [0.1, 0.15) is 17.0 Å². The Morgan fingerprint density at radius 1 is 0.655 bits per heavy atom. The van der Waals surface area contributed by atoms with Crippen molar-refractivity contribution in [2.45, 2.75) is 19.8 Å². The third-order valence-electron chi connectivity index (χ3n) is 4.14. The Morgan fingerprint density at radius 3 is 1.66 bits per heavy atom. The molecule has 2 bridgehead atoms. The van der Waals surface area contributed by atoms with Gasteiger partial charge in [0.1, 0.15) is 12.4 Å². The smallest absolute Gasteiger partial charge is 0.123 e. The predicted molar refractivity (Wildman–Crippen MR) is 107 cm³/mol. The van der Waals surface area contributed by atoms with Gasteiger partial charge in [-0.2, -0.15) is 0 Å². The first-order chi connectivity index (χ1) is 14.4. The Balaban J connectivity index is 1.59. The molecule has 1 aliphatic heterocycles. The summed E-state index contributed by atoms with van der Waals surface area (Å²) in [5, 5.41) is 0. The molecule has 1 aromatic carbocycles. The van der Waals surface area contributed by atoms with Crippen molar-refractivity contribution in [2.24, 2.45) is 0 Å². The van der Waals surface area contributed by atoms with Crippen LogP contribution in [0.3, 0.4) is 0 Å². The molecule has 158 valence electrons. The molecule has 3 rings (SSSR count). The molecule has 2 heterocycles. The normalized spacial score (nSPS) is 17.8. The molecule has 0 N–H and O–H groups in total. The lowest BCUT2D eigenvalue weighted by Crippen LogP contribution is -2.14. The molecule has 0 atom stereocenters. The first-order valence-corrected chi connectivity index (χ1v) is 9.95. The van der Waals surface area contributed by atoms with Crippen molar-refractivity contribution in [3.8, 4) is 5.75 Å². The highest BCUT2D eigenvalue weighted by atomic mass is 16.6. The van der Waals surface area contributed by atoms with E-state index in [9.17, 15) is 0 Å². The molecule has 7 heteroatoms. The number of aromatic nitrogens is 1. The minimum absolute atomic E-state index is 0.387. The summed E-state index contributed by atoms with van der Waals surface area (Å²) in [6.45, 7) is 5.45. The number of benzene rings is 1. The van der Waals surface area contributed by atoms with E-state index in [2.05, 4.69) is 4.98 Å². The highest BCUT2D eigenvalue weighted by molar-refractivity contribution is 5.27. The standard InChI is InChI=1S/C22H29NO6/c1-2-4-19(5-3-1)16-29-22-14-20-17-27-12-10-25-8-6-24-7-9-26-11-13-28-18-21(15-22)23-20/h1-5,14-15H,6-13,16-18H2. The second kappa shape index (κ2) is 13.2. The van der Waals surface area contributed by atoms with Crippen LogP contribution in [0.4, 0.5) is 0 Å². The summed E-state index contributed by atoms with van der Waals surface area (Å²) in [4.78, 5) is 4.62. The maximum Gasteiger partial charge on any atom is 0.123 e. The summed E-state index contributed by atoms with van der Waals surface area (Å²) < 4.78 is 33.8. The van der Waals surface area contributed by atoms with E-state index in [1.54, 1.807) is 0 Å². The van der Waals surface area contributed by atoms with Crippen LogP contribution in [0, 0.1) is 0 Å². The van der Waals surface area contributed by atoms with Crippen LogP contribution in [0.25, 0.3) is 0 Å². The molecule has 0 spiro atoms. The first-order valence-electron chi connectivity index (χ1n) is 9.95. The van der Waals surface area contributed by atoms with E-state index in [4.69, 9.17) is 28.4 Å². The van der Waals surface area contributed by atoms with Crippen LogP contribution in [0.5, 0.6) is 5.75 Å². The van der Waals surface area contributed by atoms with Gasteiger partial charge in [0.25, 0.3) is 0 Å². The van der Waals surface area contributed by atoms with Gasteiger partial charge in [-0.3, -0.25) is 4.98 Å². The maximum atomic E-state index is 5.97. The van der Waals surface area contributed by atoms with Crippen molar-refractivity contribution in [3.05, 3.63) is 59.4 Å². The zero-order valence-electron chi connectivity index (χ0n) is 16.7. The molecule has 1 aliphatic rings. The third-order valence-corrected chi connectivity index (χ3v) is 4.14. The highest BCUT2D eigenvalue weighted by Gasteiger charge is 2.06. The molecule has 0 amide bonds. The van der Waals surface area contributed by atoms with Crippen molar-refractivity contribution in [1.29, 1.82) is 0 Å². The van der Waals surface area contributed by atoms with Gasteiger partial charge in [-0.25, -0.2) is 0 Å². The fraction of sp³-hybridized carbons (Fsp3) is 0.500. The molecule has 0 aliphatic carbocycles. The van der Waals surface area contributed by atoms with Gasteiger partial charge in [-0.05, 0) is 5.56 Å². The van der Waals surface area contributed by atoms with Crippen molar-refractivity contribution >= 4 is 0 Å². The fourth-order valence-corrected chi connectivity index (χ4v) is 2.72.